The number of nitro groups is 1. The van der Waals surface area contributed by atoms with Crippen LogP contribution in [-0.2, 0) is 11.2 Å². The molecule has 0 spiro atoms. The smallest absolute Gasteiger partial charge is 0.271 e. The van der Waals surface area contributed by atoms with Gasteiger partial charge in [0.15, 0.2) is 0 Å². The summed E-state index contributed by atoms with van der Waals surface area (Å²) in [7, 11) is 1.45. The number of amides is 1. The Kier molecular flexibility index (Phi) is 5.68. The van der Waals surface area contributed by atoms with E-state index in [1.165, 1.54) is 30.9 Å². The zero-order chi connectivity index (χ0) is 16.7. The highest BCUT2D eigenvalue weighted by atomic mass is 16.6. The Hall–Kier alpha value is -2.89. The van der Waals surface area contributed by atoms with Gasteiger partial charge in [-0.3, -0.25) is 14.9 Å². The molecule has 0 saturated carbocycles. The van der Waals surface area contributed by atoms with Crippen molar-refractivity contribution in [1.82, 2.24) is 0 Å². The molecule has 0 unspecified atom stereocenters. The zero-order valence-electron chi connectivity index (χ0n) is 12.8. The molecule has 0 fully saturated rings. The lowest BCUT2D eigenvalue weighted by molar-refractivity contribution is -0.384. The molecule has 0 radical (unpaired) electrons. The zero-order valence-corrected chi connectivity index (χ0v) is 12.8. The first-order valence-electron chi connectivity index (χ1n) is 7.26. The third kappa shape index (κ3) is 4.81. The minimum absolute atomic E-state index is 0.0922. The molecule has 1 amide bonds. The molecule has 2 aromatic carbocycles. The number of rotatable bonds is 7. The summed E-state index contributed by atoms with van der Waals surface area (Å²) in [5, 5.41) is 13.5. The Morgan fingerprint density at radius 3 is 2.61 bits per heavy atom. The molecule has 0 aliphatic rings. The summed E-state index contributed by atoms with van der Waals surface area (Å²) in [6, 6.07) is 14.0. The molecule has 0 atom stereocenters. The Morgan fingerprint density at radius 2 is 1.96 bits per heavy atom. The summed E-state index contributed by atoms with van der Waals surface area (Å²) < 4.78 is 5.12. The van der Waals surface area contributed by atoms with Crippen molar-refractivity contribution in [2.75, 3.05) is 12.4 Å². The Labute approximate surface area is 134 Å². The van der Waals surface area contributed by atoms with Gasteiger partial charge in [0.2, 0.25) is 5.91 Å². The number of benzene rings is 2. The van der Waals surface area contributed by atoms with Gasteiger partial charge in [-0.1, -0.05) is 30.3 Å². The first-order chi connectivity index (χ1) is 11.1. The fourth-order valence-electron chi connectivity index (χ4n) is 2.22. The molecular formula is C17H18N2O4. The van der Waals surface area contributed by atoms with E-state index in [0.29, 0.717) is 24.3 Å². The molecule has 0 aliphatic carbocycles. The fraction of sp³-hybridized carbons (Fsp3) is 0.235. The predicted molar refractivity (Wildman–Crippen MR) is 87.7 cm³/mol. The molecular weight excluding hydrogens is 296 g/mol. The highest BCUT2D eigenvalue weighted by molar-refractivity contribution is 5.92. The van der Waals surface area contributed by atoms with Gasteiger partial charge >= 0.3 is 0 Å². The second kappa shape index (κ2) is 7.93. The monoisotopic (exact) mass is 314 g/mol. The molecule has 0 aromatic heterocycles. The Balaban J connectivity index is 1.94. The summed E-state index contributed by atoms with van der Waals surface area (Å²) in [5.41, 5.74) is 1.39. The van der Waals surface area contributed by atoms with Gasteiger partial charge in [-0.25, -0.2) is 0 Å². The maximum atomic E-state index is 12.0. The van der Waals surface area contributed by atoms with Gasteiger partial charge in [-0.2, -0.15) is 0 Å². The molecule has 6 heteroatoms. The van der Waals surface area contributed by atoms with Crippen LogP contribution in [0.25, 0.3) is 0 Å². The average Bonchev–Trinajstić information content (AvgIpc) is 2.55. The van der Waals surface area contributed by atoms with Gasteiger partial charge in [0, 0.05) is 18.6 Å². The number of ether oxygens (including phenoxy) is 1. The van der Waals surface area contributed by atoms with Crippen LogP contribution in [0.15, 0.2) is 48.5 Å². The molecule has 0 saturated heterocycles. The van der Waals surface area contributed by atoms with Crippen LogP contribution in [0.3, 0.4) is 0 Å². The topological polar surface area (TPSA) is 81.5 Å². The first kappa shape index (κ1) is 16.5. The van der Waals surface area contributed by atoms with E-state index in [1.54, 1.807) is 0 Å². The van der Waals surface area contributed by atoms with E-state index in [1.807, 2.05) is 30.3 Å². The van der Waals surface area contributed by atoms with E-state index in [2.05, 4.69) is 5.32 Å². The van der Waals surface area contributed by atoms with Crippen LogP contribution >= 0.6 is 0 Å². The predicted octanol–water partition coefficient (Wildman–Crippen LogP) is 3.56. The molecule has 1 N–H and O–H groups in total. The van der Waals surface area contributed by atoms with Crippen LogP contribution in [0.5, 0.6) is 5.75 Å². The number of hydrogen-bond acceptors (Lipinski definition) is 4. The molecule has 120 valence electrons. The number of non-ortho nitro benzene ring substituents is 1. The average molecular weight is 314 g/mol. The van der Waals surface area contributed by atoms with Crippen molar-refractivity contribution in [3.63, 3.8) is 0 Å². The van der Waals surface area contributed by atoms with Crippen LogP contribution in [0.2, 0.25) is 0 Å². The third-order valence-corrected chi connectivity index (χ3v) is 3.38. The summed E-state index contributed by atoms with van der Waals surface area (Å²) in [5.74, 6) is 0.201. The lowest BCUT2D eigenvalue weighted by Gasteiger charge is -2.10. The standard InChI is InChI=1S/C17H18N2O4/c1-23-16-11-10-14(19(21)22)12-15(16)18-17(20)9-5-8-13-6-3-2-4-7-13/h2-4,6-7,10-12H,5,8-9H2,1H3,(H,18,20). The van der Waals surface area contributed by atoms with Gasteiger partial charge in [0.05, 0.1) is 17.7 Å². The van der Waals surface area contributed by atoms with E-state index < -0.39 is 4.92 Å². The van der Waals surface area contributed by atoms with E-state index in [-0.39, 0.29) is 11.6 Å². The van der Waals surface area contributed by atoms with Crippen LogP contribution in [0.4, 0.5) is 11.4 Å². The van der Waals surface area contributed by atoms with Crippen molar-refractivity contribution in [2.24, 2.45) is 0 Å². The van der Waals surface area contributed by atoms with Crippen molar-refractivity contribution in [3.8, 4) is 5.75 Å². The van der Waals surface area contributed by atoms with Gasteiger partial charge in [-0.05, 0) is 24.5 Å². The van der Waals surface area contributed by atoms with Crippen LogP contribution in [-0.4, -0.2) is 17.9 Å². The highest BCUT2D eigenvalue weighted by Gasteiger charge is 2.13. The summed E-state index contributed by atoms with van der Waals surface area (Å²) in [6.45, 7) is 0. The van der Waals surface area contributed by atoms with Crippen molar-refractivity contribution >= 4 is 17.3 Å². The molecule has 6 nitrogen and oxygen atoms in total. The number of carbonyl (C=O) groups excluding carboxylic acids is 1. The summed E-state index contributed by atoms with van der Waals surface area (Å²) in [4.78, 5) is 22.3. The molecule has 2 rings (SSSR count). The van der Waals surface area contributed by atoms with Gasteiger partial charge < -0.3 is 10.1 Å². The third-order valence-electron chi connectivity index (χ3n) is 3.38. The van der Waals surface area contributed by atoms with E-state index in [9.17, 15) is 14.9 Å². The van der Waals surface area contributed by atoms with Crippen molar-refractivity contribution in [2.45, 2.75) is 19.3 Å². The number of aryl methyl sites for hydroxylation is 1. The number of anilines is 1. The quantitative estimate of drug-likeness (QED) is 0.625. The summed E-state index contributed by atoms with van der Waals surface area (Å²) >= 11 is 0. The summed E-state index contributed by atoms with van der Waals surface area (Å²) in [6.07, 6.45) is 1.84. The molecule has 0 aliphatic heterocycles. The highest BCUT2D eigenvalue weighted by Crippen LogP contribution is 2.29. The van der Waals surface area contributed by atoms with Gasteiger partial charge in [0.1, 0.15) is 5.75 Å². The van der Waals surface area contributed by atoms with Crippen LogP contribution < -0.4 is 10.1 Å². The number of nitrogens with one attached hydrogen (secondary N) is 1. The largest absolute Gasteiger partial charge is 0.495 e. The lowest BCUT2D eigenvalue weighted by atomic mass is 10.1. The SMILES string of the molecule is COc1ccc([N+](=O)[O-])cc1NC(=O)CCCc1ccccc1. The number of nitrogens with zero attached hydrogens (tertiary/aromatic N) is 1. The number of hydrogen-bond donors (Lipinski definition) is 1. The van der Waals surface area contributed by atoms with Crippen LogP contribution in [0, 0.1) is 10.1 Å². The lowest BCUT2D eigenvalue weighted by Crippen LogP contribution is -2.12. The van der Waals surface area contributed by atoms with Crippen LogP contribution in [0.1, 0.15) is 18.4 Å². The van der Waals surface area contributed by atoms with Crippen molar-refractivity contribution in [1.29, 1.82) is 0 Å². The van der Waals surface area contributed by atoms with Crippen molar-refractivity contribution < 1.29 is 14.5 Å². The van der Waals surface area contributed by atoms with Gasteiger partial charge in [-0.15, -0.1) is 0 Å². The molecule has 0 bridgehead atoms. The Bertz CT molecular complexity index is 686. The Morgan fingerprint density at radius 1 is 1.22 bits per heavy atom. The molecule has 23 heavy (non-hydrogen) atoms. The molecule has 0 heterocycles. The van der Waals surface area contributed by atoms with Crippen molar-refractivity contribution in [3.05, 3.63) is 64.2 Å². The minimum atomic E-state index is -0.509. The fourth-order valence-corrected chi connectivity index (χ4v) is 2.22. The number of nitro benzene ring substituents is 1. The maximum absolute atomic E-state index is 12.0. The first-order valence-corrected chi connectivity index (χ1v) is 7.26. The maximum Gasteiger partial charge on any atom is 0.271 e. The normalized spacial score (nSPS) is 10.1. The van der Waals surface area contributed by atoms with E-state index in [4.69, 9.17) is 4.74 Å². The molecule has 2 aromatic rings. The van der Waals surface area contributed by atoms with Gasteiger partial charge in [0.25, 0.3) is 5.69 Å². The minimum Gasteiger partial charge on any atom is -0.495 e. The number of carbonyl (C=O) groups is 1. The van der Waals surface area contributed by atoms with E-state index >= 15 is 0 Å². The number of methoxy groups -OCH3 is 1. The van der Waals surface area contributed by atoms with E-state index in [0.717, 1.165) is 6.42 Å². The second-order valence-corrected chi connectivity index (χ2v) is 5.03. The second-order valence-electron chi connectivity index (χ2n) is 5.03.